The van der Waals surface area contributed by atoms with Crippen molar-refractivity contribution in [1.29, 1.82) is 0 Å². The molecule has 0 aliphatic carbocycles. The van der Waals surface area contributed by atoms with Gasteiger partial charge in [-0.1, -0.05) is 29.4 Å². The summed E-state index contributed by atoms with van der Waals surface area (Å²) in [6.07, 6.45) is -0.347. The fourth-order valence-electron chi connectivity index (χ4n) is 4.55. The Morgan fingerprint density at radius 3 is 2.56 bits per heavy atom. The number of aliphatic imine (C=N–C) groups is 1. The molecule has 2 N–H and O–H groups in total. The zero-order valence-corrected chi connectivity index (χ0v) is 21.8. The molecule has 36 heavy (non-hydrogen) atoms. The minimum atomic E-state index is -0.347. The number of fused-ring (bicyclic) bond motifs is 1. The third kappa shape index (κ3) is 5.04. The van der Waals surface area contributed by atoms with Gasteiger partial charge in [-0.05, 0) is 48.9 Å². The molecule has 11 heteroatoms. The molecule has 5 rings (SSSR count). The average Bonchev–Trinajstić information content (AvgIpc) is 3.38. The van der Waals surface area contributed by atoms with E-state index in [0.717, 1.165) is 30.1 Å². The minimum Gasteiger partial charge on any atom is -0.497 e. The first-order valence-corrected chi connectivity index (χ1v) is 13.3. The first-order chi connectivity index (χ1) is 17.4. The predicted molar refractivity (Wildman–Crippen MR) is 144 cm³/mol. The van der Waals surface area contributed by atoms with Gasteiger partial charge >= 0.3 is 0 Å². The van der Waals surface area contributed by atoms with Crippen molar-refractivity contribution in [2.75, 3.05) is 55.4 Å². The number of anilines is 2. The number of piperazine rings is 1. The Balaban J connectivity index is 1.24. The summed E-state index contributed by atoms with van der Waals surface area (Å²) in [5.41, 5.74) is 8.79. The zero-order valence-electron chi connectivity index (χ0n) is 20.2. The lowest BCUT2D eigenvalue weighted by molar-refractivity contribution is -0.128. The number of amidine groups is 1. The van der Waals surface area contributed by atoms with Crippen LogP contribution in [0.2, 0.25) is 5.02 Å². The Hall–Kier alpha value is -2.79. The van der Waals surface area contributed by atoms with Crippen LogP contribution in [0.3, 0.4) is 0 Å². The van der Waals surface area contributed by atoms with E-state index in [4.69, 9.17) is 21.3 Å². The highest BCUT2D eigenvalue weighted by Gasteiger charge is 2.42. The quantitative estimate of drug-likeness (QED) is 0.616. The van der Waals surface area contributed by atoms with E-state index < -0.39 is 0 Å². The number of hydrogen-bond acceptors (Lipinski definition) is 8. The number of carbonyl (C=O) groups is 2. The van der Waals surface area contributed by atoms with E-state index in [1.165, 1.54) is 11.8 Å². The minimum absolute atomic E-state index is 0.0334. The molecule has 2 atom stereocenters. The SMILES string of the molecule is COc1ccc(N2CCN(C(=O)CSC3=NC4NNCC4C(=O)N3c3ccc(C)c(Cl)c3)CC2)cc1. The molecule has 0 bridgehead atoms. The molecule has 2 aromatic rings. The molecular formula is C25H29ClN6O3S. The molecule has 2 saturated heterocycles. The van der Waals surface area contributed by atoms with Crippen LogP contribution in [-0.2, 0) is 9.59 Å². The van der Waals surface area contributed by atoms with Crippen LogP contribution in [0.15, 0.2) is 47.5 Å². The topological polar surface area (TPSA) is 89.5 Å². The summed E-state index contributed by atoms with van der Waals surface area (Å²) in [7, 11) is 1.65. The van der Waals surface area contributed by atoms with Gasteiger partial charge in [0.1, 0.15) is 11.9 Å². The lowest BCUT2D eigenvalue weighted by Crippen LogP contribution is -2.51. The van der Waals surface area contributed by atoms with E-state index in [9.17, 15) is 9.59 Å². The molecule has 9 nitrogen and oxygen atoms in total. The van der Waals surface area contributed by atoms with E-state index >= 15 is 0 Å². The highest BCUT2D eigenvalue weighted by molar-refractivity contribution is 8.14. The highest BCUT2D eigenvalue weighted by Crippen LogP contribution is 2.32. The Bertz CT molecular complexity index is 1170. The Labute approximate surface area is 219 Å². The second-order valence-electron chi connectivity index (χ2n) is 8.95. The number of halogens is 1. The number of aryl methyl sites for hydroxylation is 1. The van der Waals surface area contributed by atoms with Crippen LogP contribution in [0, 0.1) is 12.8 Å². The van der Waals surface area contributed by atoms with Gasteiger partial charge in [0.2, 0.25) is 11.8 Å². The zero-order chi connectivity index (χ0) is 25.2. The summed E-state index contributed by atoms with van der Waals surface area (Å²) < 4.78 is 5.24. The molecule has 0 radical (unpaired) electrons. The van der Waals surface area contributed by atoms with E-state index in [2.05, 4.69) is 15.8 Å². The largest absolute Gasteiger partial charge is 0.497 e. The van der Waals surface area contributed by atoms with Crippen LogP contribution in [-0.4, -0.2) is 73.6 Å². The lowest BCUT2D eigenvalue weighted by atomic mass is 10.0. The fourth-order valence-corrected chi connectivity index (χ4v) is 5.67. The summed E-state index contributed by atoms with van der Waals surface area (Å²) in [5.74, 6) is 0.693. The third-order valence-corrected chi connectivity index (χ3v) is 8.08. The molecule has 2 amide bonds. The normalized spacial score (nSPS) is 21.9. The van der Waals surface area contributed by atoms with Crippen molar-refractivity contribution in [3.05, 3.63) is 53.1 Å². The maximum Gasteiger partial charge on any atom is 0.241 e. The lowest BCUT2D eigenvalue weighted by Gasteiger charge is -2.36. The summed E-state index contributed by atoms with van der Waals surface area (Å²) >= 11 is 7.65. The molecule has 2 unspecified atom stereocenters. The number of nitrogens with one attached hydrogen (secondary N) is 2. The van der Waals surface area contributed by atoms with Gasteiger partial charge in [-0.2, -0.15) is 0 Å². The molecule has 2 fully saturated rings. The van der Waals surface area contributed by atoms with Crippen molar-refractivity contribution < 1.29 is 14.3 Å². The molecule has 0 spiro atoms. The van der Waals surface area contributed by atoms with Gasteiger partial charge < -0.3 is 14.5 Å². The number of carbonyl (C=O) groups excluding carboxylic acids is 2. The molecule has 3 heterocycles. The van der Waals surface area contributed by atoms with E-state index in [1.807, 2.05) is 48.2 Å². The van der Waals surface area contributed by atoms with Crippen LogP contribution in [0.1, 0.15) is 5.56 Å². The monoisotopic (exact) mass is 528 g/mol. The van der Waals surface area contributed by atoms with Crippen LogP contribution < -0.4 is 25.4 Å². The van der Waals surface area contributed by atoms with Crippen molar-refractivity contribution in [2.24, 2.45) is 10.9 Å². The number of hydrogen-bond donors (Lipinski definition) is 2. The summed E-state index contributed by atoms with van der Waals surface area (Å²) in [4.78, 5) is 37.0. The number of hydrazine groups is 1. The Kier molecular flexibility index (Phi) is 7.38. The molecule has 190 valence electrons. The van der Waals surface area contributed by atoms with Crippen LogP contribution in [0.25, 0.3) is 0 Å². The molecule has 2 aromatic carbocycles. The van der Waals surface area contributed by atoms with Crippen molar-refractivity contribution in [1.82, 2.24) is 15.8 Å². The third-order valence-electron chi connectivity index (χ3n) is 6.74. The number of ether oxygens (including phenoxy) is 1. The van der Waals surface area contributed by atoms with Gasteiger partial charge in [-0.15, -0.1) is 0 Å². The first kappa shape index (κ1) is 24.9. The molecule has 3 aliphatic heterocycles. The number of amides is 2. The number of benzene rings is 2. The molecule has 3 aliphatic rings. The number of rotatable bonds is 5. The Morgan fingerprint density at radius 2 is 1.86 bits per heavy atom. The summed E-state index contributed by atoms with van der Waals surface area (Å²) in [5, 5.41) is 1.09. The van der Waals surface area contributed by atoms with Gasteiger partial charge in [0, 0.05) is 43.4 Å². The van der Waals surface area contributed by atoms with Gasteiger partial charge in [-0.25, -0.2) is 10.4 Å². The summed E-state index contributed by atoms with van der Waals surface area (Å²) in [6.45, 7) is 5.22. The van der Waals surface area contributed by atoms with Crippen molar-refractivity contribution >= 4 is 51.7 Å². The van der Waals surface area contributed by atoms with Gasteiger partial charge in [0.05, 0.1) is 24.5 Å². The molecule has 0 aromatic heterocycles. The van der Waals surface area contributed by atoms with E-state index in [1.54, 1.807) is 18.1 Å². The van der Waals surface area contributed by atoms with Crippen molar-refractivity contribution in [2.45, 2.75) is 13.1 Å². The second-order valence-corrected chi connectivity index (χ2v) is 10.3. The smallest absolute Gasteiger partial charge is 0.241 e. The Morgan fingerprint density at radius 1 is 1.14 bits per heavy atom. The predicted octanol–water partition coefficient (Wildman–Crippen LogP) is 2.49. The van der Waals surface area contributed by atoms with Crippen molar-refractivity contribution in [3.63, 3.8) is 0 Å². The maximum atomic E-state index is 13.4. The second kappa shape index (κ2) is 10.7. The number of methoxy groups -OCH3 is 1. The summed E-state index contributed by atoms with van der Waals surface area (Å²) in [6, 6.07) is 13.5. The van der Waals surface area contributed by atoms with Crippen LogP contribution >= 0.6 is 23.4 Å². The number of thioether (sulfide) groups is 1. The van der Waals surface area contributed by atoms with Gasteiger partial charge in [-0.3, -0.25) is 19.9 Å². The number of nitrogens with zero attached hydrogens (tertiary/aromatic N) is 4. The molecular weight excluding hydrogens is 500 g/mol. The van der Waals surface area contributed by atoms with E-state index in [-0.39, 0.29) is 29.7 Å². The average molecular weight is 529 g/mol. The van der Waals surface area contributed by atoms with Gasteiger partial charge in [0.15, 0.2) is 5.17 Å². The van der Waals surface area contributed by atoms with Gasteiger partial charge in [0.25, 0.3) is 0 Å². The molecule has 0 saturated carbocycles. The first-order valence-electron chi connectivity index (χ1n) is 11.9. The highest BCUT2D eigenvalue weighted by atomic mass is 35.5. The fraction of sp³-hybridized carbons (Fsp3) is 0.400. The van der Waals surface area contributed by atoms with Crippen LogP contribution in [0.4, 0.5) is 11.4 Å². The van der Waals surface area contributed by atoms with Crippen LogP contribution in [0.5, 0.6) is 5.75 Å². The van der Waals surface area contributed by atoms with E-state index in [0.29, 0.717) is 35.5 Å². The standard InChI is InChI=1S/C25H29ClN6O3S/c1-16-3-4-18(13-21(16)26)32-24(34)20-14-27-29-23(20)28-25(32)36-15-22(33)31-11-9-30(10-12-31)17-5-7-19(35-2)8-6-17/h3-8,13,20,23,27,29H,9-12,14-15H2,1-2H3. The maximum absolute atomic E-state index is 13.4. The van der Waals surface area contributed by atoms with Crippen molar-refractivity contribution in [3.8, 4) is 5.75 Å².